The van der Waals surface area contributed by atoms with Gasteiger partial charge in [-0.05, 0) is 44.0 Å². The van der Waals surface area contributed by atoms with Crippen LogP contribution in [0.25, 0.3) is 0 Å². The maximum absolute atomic E-state index is 4.59. The van der Waals surface area contributed by atoms with E-state index in [0.29, 0.717) is 5.92 Å². The van der Waals surface area contributed by atoms with E-state index in [-0.39, 0.29) is 0 Å². The minimum atomic E-state index is 0.530. The van der Waals surface area contributed by atoms with Crippen LogP contribution in [0.3, 0.4) is 0 Å². The van der Waals surface area contributed by atoms with Crippen molar-refractivity contribution in [1.82, 2.24) is 19.9 Å². The molecule has 4 nitrogen and oxygen atoms in total. The summed E-state index contributed by atoms with van der Waals surface area (Å²) < 4.78 is 0. The van der Waals surface area contributed by atoms with Gasteiger partial charge in [-0.2, -0.15) is 0 Å². The van der Waals surface area contributed by atoms with Crippen molar-refractivity contribution in [2.45, 2.75) is 32.2 Å². The first-order valence-electron chi connectivity index (χ1n) is 7.22. The fraction of sp³-hybridized carbons (Fsp3) is 0.438. The van der Waals surface area contributed by atoms with Crippen LogP contribution < -0.4 is 0 Å². The smallest absolute Gasteiger partial charge is 0.125 e. The Balaban J connectivity index is 1.67. The quantitative estimate of drug-likeness (QED) is 0.858. The molecule has 0 aromatic carbocycles. The third kappa shape index (κ3) is 3.20. The number of aromatic nitrogens is 3. The number of nitrogens with zero attached hydrogens (tertiary/aromatic N) is 4. The molecule has 1 fully saturated rings. The van der Waals surface area contributed by atoms with Crippen LogP contribution in [0.2, 0.25) is 0 Å². The van der Waals surface area contributed by atoms with Crippen molar-refractivity contribution < 1.29 is 0 Å². The first-order chi connectivity index (χ1) is 9.81. The number of rotatable bonds is 3. The summed E-state index contributed by atoms with van der Waals surface area (Å²) in [5.41, 5.74) is 2.47. The molecule has 1 aliphatic rings. The molecule has 3 rings (SSSR count). The summed E-state index contributed by atoms with van der Waals surface area (Å²) in [5.74, 6) is 1.40. The molecule has 2 aromatic heterocycles. The SMILES string of the molecule is Cc1nccc([C@H]2CCCN(Cc3cccnc3)C2)n1. The zero-order chi connectivity index (χ0) is 13.8. The molecule has 0 spiro atoms. The van der Waals surface area contributed by atoms with Crippen molar-refractivity contribution >= 4 is 0 Å². The summed E-state index contributed by atoms with van der Waals surface area (Å²) in [7, 11) is 0. The molecular weight excluding hydrogens is 248 g/mol. The van der Waals surface area contributed by atoms with E-state index in [1.54, 1.807) is 0 Å². The van der Waals surface area contributed by atoms with Crippen LogP contribution >= 0.6 is 0 Å². The molecule has 0 aliphatic carbocycles. The Labute approximate surface area is 119 Å². The van der Waals surface area contributed by atoms with Crippen LogP contribution in [0, 0.1) is 6.92 Å². The Morgan fingerprint density at radius 2 is 2.25 bits per heavy atom. The maximum atomic E-state index is 4.59. The molecule has 20 heavy (non-hydrogen) atoms. The third-order valence-electron chi connectivity index (χ3n) is 3.85. The van der Waals surface area contributed by atoms with E-state index in [4.69, 9.17) is 0 Å². The van der Waals surface area contributed by atoms with Crippen LogP contribution in [0.4, 0.5) is 0 Å². The molecule has 3 heterocycles. The van der Waals surface area contributed by atoms with Crippen molar-refractivity contribution in [3.8, 4) is 0 Å². The molecular formula is C16H20N4. The molecule has 1 atom stereocenters. The Bertz CT molecular complexity index is 555. The number of pyridine rings is 1. The number of piperidine rings is 1. The average Bonchev–Trinajstić information content (AvgIpc) is 2.49. The molecule has 0 amide bonds. The van der Waals surface area contributed by atoms with Crippen LogP contribution in [0.5, 0.6) is 0 Å². The van der Waals surface area contributed by atoms with Crippen LogP contribution in [0.1, 0.15) is 35.8 Å². The second kappa shape index (κ2) is 6.09. The molecule has 1 aliphatic heterocycles. The highest BCUT2D eigenvalue weighted by atomic mass is 15.1. The van der Waals surface area contributed by atoms with E-state index >= 15 is 0 Å². The number of hydrogen-bond acceptors (Lipinski definition) is 4. The molecule has 4 heteroatoms. The summed E-state index contributed by atoms with van der Waals surface area (Å²) in [6, 6.07) is 6.21. The summed E-state index contributed by atoms with van der Waals surface area (Å²) >= 11 is 0. The molecule has 104 valence electrons. The summed E-state index contributed by atoms with van der Waals surface area (Å²) in [6.07, 6.45) is 8.11. The van der Waals surface area contributed by atoms with E-state index in [0.717, 1.165) is 25.5 Å². The van der Waals surface area contributed by atoms with Crippen molar-refractivity contribution in [3.63, 3.8) is 0 Å². The maximum Gasteiger partial charge on any atom is 0.125 e. The van der Waals surface area contributed by atoms with Gasteiger partial charge >= 0.3 is 0 Å². The van der Waals surface area contributed by atoms with Crippen molar-refractivity contribution in [3.05, 3.63) is 53.9 Å². The summed E-state index contributed by atoms with van der Waals surface area (Å²) in [5, 5.41) is 0. The van der Waals surface area contributed by atoms with Gasteiger partial charge in [0.15, 0.2) is 0 Å². The molecule has 1 saturated heterocycles. The van der Waals surface area contributed by atoms with Gasteiger partial charge in [0.05, 0.1) is 0 Å². The lowest BCUT2D eigenvalue weighted by atomic mass is 9.94. The minimum Gasteiger partial charge on any atom is -0.298 e. The predicted molar refractivity (Wildman–Crippen MR) is 78.3 cm³/mol. The molecule has 0 saturated carbocycles. The molecule has 2 aromatic rings. The zero-order valence-electron chi connectivity index (χ0n) is 11.9. The van der Waals surface area contributed by atoms with E-state index in [2.05, 4.69) is 32.0 Å². The molecule has 0 bridgehead atoms. The number of hydrogen-bond donors (Lipinski definition) is 0. The van der Waals surface area contributed by atoms with Gasteiger partial charge in [-0.1, -0.05) is 6.07 Å². The van der Waals surface area contributed by atoms with Gasteiger partial charge in [0.1, 0.15) is 5.82 Å². The summed E-state index contributed by atoms with van der Waals surface area (Å²) in [4.78, 5) is 15.5. The average molecular weight is 268 g/mol. The Kier molecular flexibility index (Phi) is 4.02. The van der Waals surface area contributed by atoms with Gasteiger partial charge < -0.3 is 0 Å². The topological polar surface area (TPSA) is 41.9 Å². The van der Waals surface area contributed by atoms with Gasteiger partial charge in [0.25, 0.3) is 0 Å². The van der Waals surface area contributed by atoms with E-state index in [1.807, 2.05) is 31.6 Å². The summed E-state index contributed by atoms with van der Waals surface area (Å²) in [6.45, 7) is 5.18. The van der Waals surface area contributed by atoms with Crippen molar-refractivity contribution in [1.29, 1.82) is 0 Å². The highest BCUT2D eigenvalue weighted by Crippen LogP contribution is 2.26. The Morgan fingerprint density at radius 3 is 3.05 bits per heavy atom. The second-order valence-electron chi connectivity index (χ2n) is 5.46. The van der Waals surface area contributed by atoms with Crippen LogP contribution in [-0.4, -0.2) is 32.9 Å². The third-order valence-corrected chi connectivity index (χ3v) is 3.85. The van der Waals surface area contributed by atoms with Crippen molar-refractivity contribution in [2.75, 3.05) is 13.1 Å². The van der Waals surface area contributed by atoms with Gasteiger partial charge in [0.2, 0.25) is 0 Å². The van der Waals surface area contributed by atoms with E-state index < -0.39 is 0 Å². The Morgan fingerprint density at radius 1 is 1.30 bits per heavy atom. The zero-order valence-corrected chi connectivity index (χ0v) is 11.9. The highest BCUT2D eigenvalue weighted by molar-refractivity contribution is 5.12. The van der Waals surface area contributed by atoms with Crippen LogP contribution in [-0.2, 0) is 6.54 Å². The van der Waals surface area contributed by atoms with Crippen LogP contribution in [0.15, 0.2) is 36.8 Å². The molecule has 0 N–H and O–H groups in total. The van der Waals surface area contributed by atoms with Crippen molar-refractivity contribution in [2.24, 2.45) is 0 Å². The first kappa shape index (κ1) is 13.2. The predicted octanol–water partition coefficient (Wildman–Crippen LogP) is 2.56. The fourth-order valence-corrected chi connectivity index (χ4v) is 2.89. The Hall–Kier alpha value is -1.81. The molecule has 0 unspecified atom stereocenters. The number of likely N-dealkylation sites (tertiary alicyclic amines) is 1. The van der Waals surface area contributed by atoms with E-state index in [1.165, 1.54) is 24.1 Å². The molecule has 0 radical (unpaired) electrons. The number of aryl methyl sites for hydroxylation is 1. The minimum absolute atomic E-state index is 0.530. The van der Waals surface area contributed by atoms with Gasteiger partial charge in [-0.25, -0.2) is 9.97 Å². The monoisotopic (exact) mass is 268 g/mol. The van der Waals surface area contributed by atoms with Gasteiger partial charge in [-0.15, -0.1) is 0 Å². The second-order valence-corrected chi connectivity index (χ2v) is 5.46. The fourth-order valence-electron chi connectivity index (χ4n) is 2.89. The standard InChI is InChI=1S/C16H20N4/c1-13-18-8-6-16(19-13)15-5-3-9-20(12-15)11-14-4-2-7-17-10-14/h2,4,6-8,10,15H,3,5,9,11-12H2,1H3/t15-/m0/s1. The van der Waals surface area contributed by atoms with Gasteiger partial charge in [0, 0.05) is 43.3 Å². The lowest BCUT2D eigenvalue weighted by Crippen LogP contribution is -2.34. The lowest BCUT2D eigenvalue weighted by Gasteiger charge is -2.32. The normalized spacial score (nSPS) is 19.9. The van der Waals surface area contributed by atoms with E-state index in [9.17, 15) is 0 Å². The lowest BCUT2D eigenvalue weighted by molar-refractivity contribution is 0.198. The van der Waals surface area contributed by atoms with Gasteiger partial charge in [-0.3, -0.25) is 9.88 Å². The highest BCUT2D eigenvalue weighted by Gasteiger charge is 2.22. The first-order valence-corrected chi connectivity index (χ1v) is 7.22. The largest absolute Gasteiger partial charge is 0.298 e.